The lowest BCUT2D eigenvalue weighted by atomic mass is 10.1. The van der Waals surface area contributed by atoms with Gasteiger partial charge in [0, 0.05) is 13.0 Å². The van der Waals surface area contributed by atoms with E-state index in [1.807, 2.05) is 13.1 Å². The van der Waals surface area contributed by atoms with Crippen molar-refractivity contribution in [2.45, 2.75) is 110 Å². The van der Waals surface area contributed by atoms with E-state index in [1.54, 1.807) is 41.5 Å². The van der Waals surface area contributed by atoms with E-state index in [9.17, 15) is 19.5 Å². The fourth-order valence-electron chi connectivity index (χ4n) is 2.21. The standard InChI is InChI=1S/C21H42N2O7Si/c1-19(2,3)28-17(26)22-13-14(30-31(10,11)21(7,8)9)12-15(16(24)25)23-18(27)29-20(4,5)6/h14-15H,12-13H2,1-11H3,(H,22,26)(H,23,27)(H,24,25)/t14-,15+/m0/s1. The first-order chi connectivity index (χ1) is 13.6. The summed E-state index contributed by atoms with van der Waals surface area (Å²) in [6, 6.07) is -1.25. The van der Waals surface area contributed by atoms with Gasteiger partial charge in [0.25, 0.3) is 0 Å². The van der Waals surface area contributed by atoms with Gasteiger partial charge in [-0.25, -0.2) is 14.4 Å². The van der Waals surface area contributed by atoms with E-state index in [1.165, 1.54) is 0 Å². The van der Waals surface area contributed by atoms with Gasteiger partial charge in [-0.3, -0.25) is 0 Å². The van der Waals surface area contributed by atoms with E-state index < -0.39 is 49.8 Å². The number of carbonyl (C=O) groups is 3. The van der Waals surface area contributed by atoms with Crippen molar-refractivity contribution < 1.29 is 33.4 Å². The van der Waals surface area contributed by atoms with Crippen molar-refractivity contribution in [2.24, 2.45) is 0 Å². The molecule has 3 N–H and O–H groups in total. The van der Waals surface area contributed by atoms with Gasteiger partial charge in [-0.15, -0.1) is 0 Å². The lowest BCUT2D eigenvalue weighted by molar-refractivity contribution is -0.140. The summed E-state index contributed by atoms with van der Waals surface area (Å²) in [5.74, 6) is -1.22. The molecule has 0 aliphatic rings. The zero-order valence-electron chi connectivity index (χ0n) is 21.0. The number of nitrogens with one attached hydrogen (secondary N) is 2. The third kappa shape index (κ3) is 12.6. The monoisotopic (exact) mass is 462 g/mol. The SMILES string of the molecule is CC(C)(C)OC(=O)NC[C@H](C[C@@H](NC(=O)OC(C)(C)C)C(=O)O)O[Si](C)(C)C(C)(C)C. The molecule has 0 aromatic heterocycles. The maximum Gasteiger partial charge on any atom is 0.408 e. The molecule has 0 aromatic rings. The predicted octanol–water partition coefficient (Wildman–Crippen LogP) is 4.27. The summed E-state index contributed by atoms with van der Waals surface area (Å²) in [5.41, 5.74) is -1.43. The predicted molar refractivity (Wildman–Crippen MR) is 122 cm³/mol. The summed E-state index contributed by atoms with van der Waals surface area (Å²) in [6.45, 7) is 20.6. The summed E-state index contributed by atoms with van der Waals surface area (Å²) < 4.78 is 16.8. The number of ether oxygens (including phenoxy) is 2. The van der Waals surface area contributed by atoms with Gasteiger partial charge in [-0.05, 0) is 59.7 Å². The van der Waals surface area contributed by atoms with Crippen molar-refractivity contribution >= 4 is 26.5 Å². The lowest BCUT2D eigenvalue weighted by Gasteiger charge is -2.40. The van der Waals surface area contributed by atoms with Crippen molar-refractivity contribution in [3.8, 4) is 0 Å². The van der Waals surface area contributed by atoms with Crippen LogP contribution >= 0.6 is 0 Å². The van der Waals surface area contributed by atoms with Gasteiger partial charge in [-0.1, -0.05) is 20.8 Å². The highest BCUT2D eigenvalue weighted by atomic mass is 28.4. The molecular formula is C21H42N2O7Si. The zero-order valence-corrected chi connectivity index (χ0v) is 22.0. The first-order valence-electron chi connectivity index (χ1n) is 10.5. The van der Waals surface area contributed by atoms with Crippen LogP contribution in [0.5, 0.6) is 0 Å². The van der Waals surface area contributed by atoms with Gasteiger partial charge in [0.05, 0.1) is 6.10 Å². The highest BCUT2D eigenvalue weighted by Gasteiger charge is 2.40. The van der Waals surface area contributed by atoms with Crippen molar-refractivity contribution in [1.29, 1.82) is 0 Å². The number of carboxylic acid groups (broad SMARTS) is 1. The van der Waals surface area contributed by atoms with Crippen LogP contribution in [-0.2, 0) is 18.7 Å². The van der Waals surface area contributed by atoms with Crippen molar-refractivity contribution in [3.05, 3.63) is 0 Å². The second-order valence-electron chi connectivity index (χ2n) is 11.2. The second kappa shape index (κ2) is 10.7. The fourth-order valence-corrected chi connectivity index (χ4v) is 3.58. The van der Waals surface area contributed by atoms with E-state index >= 15 is 0 Å². The Hall–Kier alpha value is -1.81. The molecule has 31 heavy (non-hydrogen) atoms. The Morgan fingerprint density at radius 3 is 1.71 bits per heavy atom. The molecule has 0 saturated heterocycles. The van der Waals surface area contributed by atoms with Crippen LogP contribution in [0, 0.1) is 0 Å². The number of hydrogen-bond donors (Lipinski definition) is 3. The molecular weight excluding hydrogens is 420 g/mol. The first-order valence-corrected chi connectivity index (χ1v) is 13.4. The van der Waals surface area contributed by atoms with Gasteiger partial charge in [-0.2, -0.15) is 0 Å². The molecule has 9 nitrogen and oxygen atoms in total. The van der Waals surface area contributed by atoms with Crippen molar-refractivity contribution in [1.82, 2.24) is 10.6 Å². The average Bonchev–Trinajstić information content (AvgIpc) is 2.46. The van der Waals surface area contributed by atoms with Crippen molar-refractivity contribution in [3.63, 3.8) is 0 Å². The van der Waals surface area contributed by atoms with Crippen LogP contribution < -0.4 is 10.6 Å². The molecule has 0 rings (SSSR count). The summed E-state index contributed by atoms with van der Waals surface area (Å²) in [5, 5.41) is 14.5. The molecule has 0 aliphatic carbocycles. The topological polar surface area (TPSA) is 123 Å². The Bertz CT molecular complexity index is 631. The van der Waals surface area contributed by atoms with E-state index in [0.717, 1.165) is 0 Å². The summed E-state index contributed by atoms with van der Waals surface area (Å²) in [6.07, 6.45) is -2.14. The number of aliphatic carboxylic acids is 1. The van der Waals surface area contributed by atoms with Crippen LogP contribution in [0.1, 0.15) is 68.7 Å². The maximum atomic E-state index is 12.1. The third-order valence-corrected chi connectivity index (χ3v) is 9.16. The largest absolute Gasteiger partial charge is 0.480 e. The van der Waals surface area contributed by atoms with Crippen LogP contribution in [0.3, 0.4) is 0 Å². The molecule has 0 radical (unpaired) electrons. The minimum atomic E-state index is -2.30. The molecule has 10 heteroatoms. The average molecular weight is 463 g/mol. The summed E-state index contributed by atoms with van der Waals surface area (Å²) >= 11 is 0. The Balaban J connectivity index is 5.46. The van der Waals surface area contributed by atoms with Gasteiger partial charge in [0.15, 0.2) is 8.32 Å². The van der Waals surface area contributed by atoms with Crippen LogP contribution in [0.4, 0.5) is 9.59 Å². The summed E-state index contributed by atoms with van der Waals surface area (Å²) in [4.78, 5) is 36.0. The third-order valence-electron chi connectivity index (χ3n) is 4.63. The van der Waals surface area contributed by atoms with E-state index in [4.69, 9.17) is 13.9 Å². The molecule has 0 heterocycles. The second-order valence-corrected chi connectivity index (χ2v) is 15.9. The molecule has 0 bridgehead atoms. The molecule has 0 spiro atoms. The minimum absolute atomic E-state index is 0.0429. The Kier molecular flexibility index (Phi) is 10.0. The van der Waals surface area contributed by atoms with E-state index in [0.29, 0.717) is 0 Å². The quantitative estimate of drug-likeness (QED) is 0.460. The smallest absolute Gasteiger partial charge is 0.408 e. The van der Waals surface area contributed by atoms with Gasteiger partial charge < -0.3 is 29.6 Å². The highest BCUT2D eigenvalue weighted by Crippen LogP contribution is 2.37. The van der Waals surface area contributed by atoms with Gasteiger partial charge >= 0.3 is 18.2 Å². The van der Waals surface area contributed by atoms with Crippen LogP contribution in [0.2, 0.25) is 18.1 Å². The Morgan fingerprint density at radius 1 is 0.871 bits per heavy atom. The Morgan fingerprint density at radius 2 is 1.32 bits per heavy atom. The fraction of sp³-hybridized carbons (Fsp3) is 0.857. The van der Waals surface area contributed by atoms with E-state index in [2.05, 4.69) is 31.4 Å². The van der Waals surface area contributed by atoms with E-state index in [-0.39, 0.29) is 18.0 Å². The molecule has 0 unspecified atom stereocenters. The number of carboxylic acids is 1. The van der Waals surface area contributed by atoms with Crippen molar-refractivity contribution in [2.75, 3.05) is 6.54 Å². The zero-order chi connectivity index (χ0) is 24.8. The molecule has 0 saturated carbocycles. The summed E-state index contributed by atoms with van der Waals surface area (Å²) in [7, 11) is -2.30. The number of carbonyl (C=O) groups excluding carboxylic acids is 2. The molecule has 2 amide bonds. The molecule has 0 aromatic carbocycles. The van der Waals surface area contributed by atoms with Crippen LogP contribution in [0.25, 0.3) is 0 Å². The molecule has 182 valence electrons. The normalized spacial score (nSPS) is 14.9. The van der Waals surface area contributed by atoms with Gasteiger partial charge in [0.2, 0.25) is 0 Å². The minimum Gasteiger partial charge on any atom is -0.480 e. The lowest BCUT2D eigenvalue weighted by Crippen LogP contribution is -2.51. The number of hydrogen-bond acceptors (Lipinski definition) is 6. The van der Waals surface area contributed by atoms with Gasteiger partial charge in [0.1, 0.15) is 17.2 Å². The first kappa shape index (κ1) is 29.2. The number of rotatable bonds is 8. The molecule has 0 aliphatic heterocycles. The molecule has 2 atom stereocenters. The Labute approximate surface area is 187 Å². The highest BCUT2D eigenvalue weighted by molar-refractivity contribution is 6.74. The maximum absolute atomic E-state index is 12.1. The van der Waals surface area contributed by atoms with Crippen LogP contribution in [0.15, 0.2) is 0 Å². The number of alkyl carbamates (subject to hydrolysis) is 2. The molecule has 0 fully saturated rings. The number of amides is 2. The van der Waals surface area contributed by atoms with Crippen LogP contribution in [-0.4, -0.2) is 61.5 Å².